The second-order valence-corrected chi connectivity index (χ2v) is 9.34. The molecule has 0 radical (unpaired) electrons. The number of fused-ring (bicyclic) bond motifs is 1. The number of carbonyl (C=O) groups is 3. The number of hydrogen-bond acceptors (Lipinski definition) is 4. The maximum atomic E-state index is 12.4. The molecule has 0 aliphatic heterocycles. The first-order chi connectivity index (χ1) is 14.5. The Morgan fingerprint density at radius 3 is 2.20 bits per heavy atom. The maximum absolute atomic E-state index is 12.4. The highest BCUT2D eigenvalue weighted by Crippen LogP contribution is 2.55. The second kappa shape index (κ2) is 7.42. The van der Waals surface area contributed by atoms with Crippen molar-refractivity contribution in [2.75, 3.05) is 6.61 Å². The summed E-state index contributed by atoms with van der Waals surface area (Å²) in [7, 11) is 0. The Kier molecular flexibility index (Phi) is 4.72. The van der Waals surface area contributed by atoms with E-state index in [0.29, 0.717) is 23.3 Å². The van der Waals surface area contributed by atoms with Gasteiger partial charge in [0.1, 0.15) is 0 Å². The smallest absolute Gasteiger partial charge is 0.338 e. The quantitative estimate of drug-likeness (QED) is 0.757. The Balaban J connectivity index is 1.13. The minimum absolute atomic E-state index is 0.166. The monoisotopic (exact) mass is 406 g/mol. The highest BCUT2D eigenvalue weighted by molar-refractivity contribution is 5.98. The molecule has 0 unspecified atom stereocenters. The van der Waals surface area contributed by atoms with Crippen LogP contribution >= 0.6 is 0 Å². The third-order valence-corrected chi connectivity index (χ3v) is 6.99. The van der Waals surface area contributed by atoms with Crippen LogP contribution in [0.2, 0.25) is 0 Å². The number of urea groups is 1. The van der Waals surface area contributed by atoms with E-state index in [2.05, 4.69) is 10.6 Å². The molecule has 3 amide bonds. The predicted octanol–water partition coefficient (Wildman–Crippen LogP) is 3.79. The van der Waals surface area contributed by atoms with Gasteiger partial charge < -0.3 is 10.1 Å². The number of amides is 3. The molecule has 4 aliphatic rings. The van der Waals surface area contributed by atoms with Gasteiger partial charge in [-0.25, -0.2) is 9.59 Å². The molecule has 2 N–H and O–H groups in total. The topological polar surface area (TPSA) is 84.5 Å². The van der Waals surface area contributed by atoms with Crippen LogP contribution in [0.5, 0.6) is 0 Å². The molecule has 4 aliphatic carbocycles. The zero-order valence-electron chi connectivity index (χ0n) is 16.9. The number of nitrogens with one attached hydrogen (secondary N) is 2. The molecule has 4 saturated carbocycles. The van der Waals surface area contributed by atoms with Crippen molar-refractivity contribution in [3.63, 3.8) is 0 Å². The van der Waals surface area contributed by atoms with Gasteiger partial charge >= 0.3 is 12.0 Å². The molecule has 30 heavy (non-hydrogen) atoms. The molecular weight excluding hydrogens is 380 g/mol. The summed E-state index contributed by atoms with van der Waals surface area (Å²) < 4.78 is 5.10. The van der Waals surface area contributed by atoms with E-state index in [1.54, 1.807) is 12.1 Å². The van der Waals surface area contributed by atoms with E-state index in [9.17, 15) is 14.4 Å². The van der Waals surface area contributed by atoms with Gasteiger partial charge in [0.15, 0.2) is 6.61 Å². The summed E-state index contributed by atoms with van der Waals surface area (Å²) in [5.41, 5.74) is 0.209. The van der Waals surface area contributed by atoms with E-state index in [0.717, 1.165) is 30.0 Å². The first kappa shape index (κ1) is 19.1. The minimum atomic E-state index is -0.619. The zero-order chi connectivity index (χ0) is 20.7. The van der Waals surface area contributed by atoms with E-state index < -0.39 is 24.5 Å². The van der Waals surface area contributed by atoms with Crippen molar-refractivity contribution in [2.45, 2.75) is 44.1 Å². The second-order valence-electron chi connectivity index (χ2n) is 9.34. The number of esters is 1. The summed E-state index contributed by atoms with van der Waals surface area (Å²) >= 11 is 0. The molecular formula is C24H26N2O4. The van der Waals surface area contributed by atoms with Crippen LogP contribution in [0.4, 0.5) is 4.79 Å². The van der Waals surface area contributed by atoms with Crippen LogP contribution in [0.15, 0.2) is 42.5 Å². The van der Waals surface area contributed by atoms with Gasteiger partial charge in [0.05, 0.1) is 5.56 Å². The molecule has 0 spiro atoms. The van der Waals surface area contributed by atoms with E-state index in [4.69, 9.17) is 4.74 Å². The first-order valence-electron chi connectivity index (χ1n) is 10.8. The molecule has 0 heterocycles. The number of rotatable bonds is 4. The lowest BCUT2D eigenvalue weighted by atomic mass is 9.53. The van der Waals surface area contributed by atoms with Gasteiger partial charge in [-0.2, -0.15) is 0 Å². The first-order valence-corrected chi connectivity index (χ1v) is 10.8. The van der Waals surface area contributed by atoms with Crippen LogP contribution in [0.3, 0.4) is 0 Å². The average Bonchev–Trinajstić information content (AvgIpc) is 2.70. The molecule has 4 bridgehead atoms. The van der Waals surface area contributed by atoms with Crippen LogP contribution in [0.1, 0.15) is 48.9 Å². The SMILES string of the molecule is O=C(COC(=O)c1ccc2ccccc2c1)NC(=O)NC12CC3CC(CC(C3)C1)C2. The van der Waals surface area contributed by atoms with Crippen LogP contribution in [0.25, 0.3) is 10.8 Å². The predicted molar refractivity (Wildman–Crippen MR) is 112 cm³/mol. The van der Waals surface area contributed by atoms with Gasteiger partial charge in [0, 0.05) is 5.54 Å². The Hall–Kier alpha value is -2.89. The molecule has 2 aromatic carbocycles. The number of hydrogen-bond donors (Lipinski definition) is 2. The summed E-state index contributed by atoms with van der Waals surface area (Å²) in [6.07, 6.45) is 6.89. The standard InChI is InChI=1S/C24H26N2O4/c27-21(14-30-22(28)20-6-5-18-3-1-2-4-19(18)10-20)25-23(29)26-24-11-15-7-16(12-24)9-17(8-15)13-24/h1-6,10,15-17H,7-9,11-14H2,(H2,25,26,27,29). The van der Waals surface area contributed by atoms with Crippen molar-refractivity contribution in [3.8, 4) is 0 Å². The third-order valence-electron chi connectivity index (χ3n) is 6.99. The van der Waals surface area contributed by atoms with Gasteiger partial charge in [0.25, 0.3) is 5.91 Å². The Morgan fingerprint density at radius 1 is 0.900 bits per heavy atom. The highest BCUT2D eigenvalue weighted by atomic mass is 16.5. The summed E-state index contributed by atoms with van der Waals surface area (Å²) in [6.45, 7) is -0.486. The summed E-state index contributed by atoms with van der Waals surface area (Å²) in [5.74, 6) is 0.907. The van der Waals surface area contributed by atoms with Crippen molar-refractivity contribution < 1.29 is 19.1 Å². The lowest BCUT2D eigenvalue weighted by Crippen LogP contribution is -2.62. The Bertz CT molecular complexity index is 980. The van der Waals surface area contributed by atoms with Gasteiger partial charge in [-0.1, -0.05) is 30.3 Å². The fourth-order valence-electron chi connectivity index (χ4n) is 6.23. The third kappa shape index (κ3) is 3.78. The van der Waals surface area contributed by atoms with Crippen LogP contribution in [-0.2, 0) is 9.53 Å². The van der Waals surface area contributed by atoms with Crippen molar-refractivity contribution >= 4 is 28.7 Å². The van der Waals surface area contributed by atoms with Crippen molar-refractivity contribution in [2.24, 2.45) is 17.8 Å². The number of benzene rings is 2. The molecule has 2 aromatic rings. The van der Waals surface area contributed by atoms with Crippen molar-refractivity contribution in [1.29, 1.82) is 0 Å². The lowest BCUT2D eigenvalue weighted by molar-refractivity contribution is -0.123. The lowest BCUT2D eigenvalue weighted by Gasteiger charge is -2.56. The van der Waals surface area contributed by atoms with Crippen molar-refractivity contribution in [1.82, 2.24) is 10.6 Å². The van der Waals surface area contributed by atoms with E-state index in [1.165, 1.54) is 19.3 Å². The minimum Gasteiger partial charge on any atom is -0.452 e. The van der Waals surface area contributed by atoms with Gasteiger partial charge in [-0.15, -0.1) is 0 Å². The fourth-order valence-corrected chi connectivity index (χ4v) is 6.23. The van der Waals surface area contributed by atoms with E-state index in [1.807, 2.05) is 30.3 Å². The van der Waals surface area contributed by atoms with Gasteiger partial charge in [-0.05, 0) is 79.2 Å². The summed E-state index contributed by atoms with van der Waals surface area (Å²) in [4.78, 5) is 36.8. The number of carbonyl (C=O) groups excluding carboxylic acids is 3. The molecule has 0 atom stereocenters. The molecule has 156 valence electrons. The highest BCUT2D eigenvalue weighted by Gasteiger charge is 2.51. The molecule has 0 saturated heterocycles. The van der Waals surface area contributed by atoms with Crippen LogP contribution < -0.4 is 10.6 Å². The largest absolute Gasteiger partial charge is 0.452 e. The van der Waals surface area contributed by atoms with Crippen LogP contribution in [0, 0.1) is 17.8 Å². The Labute approximate surface area is 175 Å². The summed E-state index contributed by atoms with van der Waals surface area (Å²) in [5, 5.41) is 7.35. The molecule has 6 heteroatoms. The van der Waals surface area contributed by atoms with Gasteiger partial charge in [0.2, 0.25) is 0 Å². The Morgan fingerprint density at radius 2 is 1.53 bits per heavy atom. The van der Waals surface area contributed by atoms with E-state index >= 15 is 0 Å². The fraction of sp³-hybridized carbons (Fsp3) is 0.458. The maximum Gasteiger partial charge on any atom is 0.338 e. The average molecular weight is 406 g/mol. The zero-order valence-corrected chi connectivity index (χ0v) is 16.9. The van der Waals surface area contributed by atoms with Crippen molar-refractivity contribution in [3.05, 3.63) is 48.0 Å². The van der Waals surface area contributed by atoms with Crippen LogP contribution in [-0.4, -0.2) is 30.1 Å². The van der Waals surface area contributed by atoms with E-state index in [-0.39, 0.29) is 5.54 Å². The molecule has 6 rings (SSSR count). The van der Waals surface area contributed by atoms with Gasteiger partial charge in [-0.3, -0.25) is 10.1 Å². The normalized spacial score (nSPS) is 28.9. The molecule has 4 fully saturated rings. The number of imide groups is 1. The molecule has 0 aromatic heterocycles. The number of ether oxygens (including phenoxy) is 1. The molecule has 6 nitrogen and oxygen atoms in total. The summed E-state index contributed by atoms with van der Waals surface area (Å²) in [6, 6.07) is 12.5.